The van der Waals surface area contributed by atoms with E-state index in [0.29, 0.717) is 18.4 Å². The van der Waals surface area contributed by atoms with Gasteiger partial charge in [0.2, 0.25) is 10.0 Å². The Morgan fingerprint density at radius 1 is 1.12 bits per heavy atom. The minimum absolute atomic E-state index is 0.250. The van der Waals surface area contributed by atoms with E-state index in [4.69, 9.17) is 0 Å². The summed E-state index contributed by atoms with van der Waals surface area (Å²) in [4.78, 5) is 0. The minimum atomic E-state index is -3.03. The van der Waals surface area contributed by atoms with Gasteiger partial charge in [0.25, 0.3) is 0 Å². The van der Waals surface area contributed by atoms with Crippen LogP contribution in [0.15, 0.2) is 0 Å². The average Bonchev–Trinajstić information content (AvgIpc) is 3.11. The van der Waals surface area contributed by atoms with Crippen LogP contribution in [-0.2, 0) is 10.0 Å². The Labute approximate surface area is 105 Å². The van der Waals surface area contributed by atoms with E-state index in [1.54, 1.807) is 4.31 Å². The van der Waals surface area contributed by atoms with Crippen molar-refractivity contribution in [3.05, 3.63) is 0 Å². The molecule has 4 nitrogen and oxygen atoms in total. The van der Waals surface area contributed by atoms with Crippen LogP contribution >= 0.6 is 0 Å². The van der Waals surface area contributed by atoms with Gasteiger partial charge in [-0.2, -0.15) is 0 Å². The van der Waals surface area contributed by atoms with Crippen LogP contribution in [-0.4, -0.2) is 44.7 Å². The highest BCUT2D eigenvalue weighted by atomic mass is 32.2. The summed E-state index contributed by atoms with van der Waals surface area (Å²) in [5.41, 5.74) is 0. The van der Waals surface area contributed by atoms with Crippen molar-refractivity contribution in [1.29, 1.82) is 0 Å². The van der Waals surface area contributed by atoms with Crippen LogP contribution in [0.4, 0.5) is 0 Å². The predicted molar refractivity (Wildman–Crippen MR) is 69.4 cm³/mol. The zero-order valence-electron chi connectivity index (χ0n) is 10.7. The number of nitrogens with zero attached hydrogens (tertiary/aromatic N) is 1. The quantitative estimate of drug-likeness (QED) is 0.630. The van der Waals surface area contributed by atoms with Crippen LogP contribution in [0.1, 0.15) is 32.6 Å². The first-order chi connectivity index (χ1) is 8.12. The van der Waals surface area contributed by atoms with Gasteiger partial charge in [0.15, 0.2) is 0 Å². The summed E-state index contributed by atoms with van der Waals surface area (Å²) in [6.45, 7) is 4.94. The normalized spacial score (nSPS) is 21.1. The second kappa shape index (κ2) is 5.67. The molecule has 0 saturated heterocycles. The zero-order chi connectivity index (χ0) is 12.3. The molecule has 2 aliphatic rings. The zero-order valence-corrected chi connectivity index (χ0v) is 11.5. The number of rotatable bonds is 9. The summed E-state index contributed by atoms with van der Waals surface area (Å²) in [5, 5.41) is 3.09. The van der Waals surface area contributed by atoms with E-state index in [9.17, 15) is 8.42 Å². The van der Waals surface area contributed by atoms with E-state index in [1.807, 2.05) is 6.92 Å². The first kappa shape index (κ1) is 13.3. The number of nitrogens with one attached hydrogen (secondary N) is 1. The van der Waals surface area contributed by atoms with E-state index in [-0.39, 0.29) is 5.75 Å². The lowest BCUT2D eigenvalue weighted by atomic mass is 10.4. The molecule has 0 radical (unpaired) electrons. The summed E-state index contributed by atoms with van der Waals surface area (Å²) < 4.78 is 26.2. The van der Waals surface area contributed by atoms with Crippen molar-refractivity contribution in [3.63, 3.8) is 0 Å². The Bertz CT molecular complexity index is 320. The van der Waals surface area contributed by atoms with E-state index in [1.165, 1.54) is 25.7 Å². The Hall–Kier alpha value is -0.130. The highest BCUT2D eigenvalue weighted by Crippen LogP contribution is 2.34. The highest BCUT2D eigenvalue weighted by molar-refractivity contribution is 7.89. The fraction of sp³-hybridized carbons (Fsp3) is 1.00. The minimum Gasteiger partial charge on any atom is -0.316 e. The van der Waals surface area contributed by atoms with E-state index < -0.39 is 10.0 Å². The number of sulfonamides is 1. The van der Waals surface area contributed by atoms with Gasteiger partial charge in [-0.15, -0.1) is 0 Å². The van der Waals surface area contributed by atoms with Crippen molar-refractivity contribution < 1.29 is 8.42 Å². The van der Waals surface area contributed by atoms with Crippen molar-refractivity contribution >= 4 is 10.0 Å². The van der Waals surface area contributed by atoms with Crippen molar-refractivity contribution in [2.24, 2.45) is 11.8 Å². The van der Waals surface area contributed by atoms with Gasteiger partial charge < -0.3 is 5.32 Å². The van der Waals surface area contributed by atoms with Gasteiger partial charge in [-0.1, -0.05) is 6.92 Å². The van der Waals surface area contributed by atoms with Gasteiger partial charge in [0.05, 0.1) is 5.75 Å². The summed E-state index contributed by atoms with van der Waals surface area (Å²) in [5.74, 6) is 1.53. The summed E-state index contributed by atoms with van der Waals surface area (Å²) in [6.07, 6.45) is 4.85. The third-order valence-corrected chi connectivity index (χ3v) is 5.30. The molecule has 2 rings (SSSR count). The highest BCUT2D eigenvalue weighted by Gasteiger charge is 2.34. The van der Waals surface area contributed by atoms with Gasteiger partial charge >= 0.3 is 0 Å². The smallest absolute Gasteiger partial charge is 0.215 e. The lowest BCUT2D eigenvalue weighted by Gasteiger charge is -2.22. The van der Waals surface area contributed by atoms with E-state index in [2.05, 4.69) is 5.32 Å². The lowest BCUT2D eigenvalue weighted by Crippen LogP contribution is -2.39. The third-order valence-electron chi connectivity index (χ3n) is 3.50. The second-order valence-electron chi connectivity index (χ2n) is 5.37. The van der Waals surface area contributed by atoms with Gasteiger partial charge in [0.1, 0.15) is 0 Å². The molecule has 0 aromatic rings. The monoisotopic (exact) mass is 260 g/mol. The van der Waals surface area contributed by atoms with Crippen LogP contribution in [0.2, 0.25) is 0 Å². The fourth-order valence-electron chi connectivity index (χ4n) is 1.99. The topological polar surface area (TPSA) is 49.4 Å². The molecule has 0 spiro atoms. The van der Waals surface area contributed by atoms with Gasteiger partial charge in [-0.05, 0) is 44.1 Å². The number of hydrogen-bond donors (Lipinski definition) is 1. The van der Waals surface area contributed by atoms with Crippen molar-refractivity contribution in [2.45, 2.75) is 32.6 Å². The van der Waals surface area contributed by atoms with Crippen molar-refractivity contribution in [3.8, 4) is 0 Å². The van der Waals surface area contributed by atoms with Gasteiger partial charge in [0, 0.05) is 19.6 Å². The van der Waals surface area contributed by atoms with Crippen LogP contribution in [0.3, 0.4) is 0 Å². The molecule has 0 amide bonds. The fourth-order valence-corrected chi connectivity index (χ4v) is 3.52. The van der Waals surface area contributed by atoms with E-state index >= 15 is 0 Å². The Morgan fingerprint density at radius 2 is 1.65 bits per heavy atom. The summed E-state index contributed by atoms with van der Waals surface area (Å²) in [7, 11) is -3.03. The van der Waals surface area contributed by atoms with Gasteiger partial charge in [-0.25, -0.2) is 12.7 Å². The maximum atomic E-state index is 12.2. The molecule has 0 heterocycles. The molecule has 0 aromatic carbocycles. The average molecular weight is 260 g/mol. The molecule has 2 saturated carbocycles. The standard InChI is InChI=1S/C12H24N2O2S/c1-2-13-7-8-17(15,16)14(9-11-3-4-11)10-12-5-6-12/h11-13H,2-10H2,1H3. The molecule has 17 heavy (non-hydrogen) atoms. The van der Waals surface area contributed by atoms with Crippen LogP contribution in [0, 0.1) is 11.8 Å². The molecular weight excluding hydrogens is 236 g/mol. The maximum absolute atomic E-state index is 12.2. The van der Waals surface area contributed by atoms with Crippen LogP contribution in [0.5, 0.6) is 0 Å². The molecule has 0 aliphatic heterocycles. The molecule has 2 fully saturated rings. The Morgan fingerprint density at radius 3 is 2.06 bits per heavy atom. The molecule has 0 bridgehead atoms. The SMILES string of the molecule is CCNCCS(=O)(=O)N(CC1CC1)CC1CC1. The largest absolute Gasteiger partial charge is 0.316 e. The Kier molecular flexibility index (Phi) is 4.44. The molecule has 100 valence electrons. The second-order valence-corrected chi connectivity index (χ2v) is 7.46. The molecule has 0 atom stereocenters. The lowest BCUT2D eigenvalue weighted by molar-refractivity contribution is 0.382. The first-order valence-corrected chi connectivity index (χ1v) is 8.41. The number of hydrogen-bond acceptors (Lipinski definition) is 3. The molecule has 5 heteroatoms. The molecule has 1 N–H and O–H groups in total. The Balaban J connectivity index is 1.86. The van der Waals surface area contributed by atoms with Crippen molar-refractivity contribution in [2.75, 3.05) is 31.9 Å². The molecular formula is C12H24N2O2S. The predicted octanol–water partition coefficient (Wildman–Crippen LogP) is 1.05. The van der Waals surface area contributed by atoms with Crippen molar-refractivity contribution in [1.82, 2.24) is 9.62 Å². The maximum Gasteiger partial charge on any atom is 0.215 e. The molecule has 2 aliphatic carbocycles. The molecule has 0 unspecified atom stereocenters. The van der Waals surface area contributed by atoms with Crippen LogP contribution < -0.4 is 5.32 Å². The summed E-state index contributed by atoms with van der Waals surface area (Å²) in [6, 6.07) is 0. The third kappa shape index (κ3) is 4.56. The van der Waals surface area contributed by atoms with Crippen LogP contribution in [0.25, 0.3) is 0 Å². The summed E-state index contributed by atoms with van der Waals surface area (Å²) >= 11 is 0. The van der Waals surface area contributed by atoms with Gasteiger partial charge in [-0.3, -0.25) is 0 Å². The molecule has 0 aromatic heterocycles. The van der Waals surface area contributed by atoms with E-state index in [0.717, 1.165) is 19.6 Å². The first-order valence-electron chi connectivity index (χ1n) is 6.80.